The molecule has 0 fully saturated rings. The van der Waals surface area contributed by atoms with E-state index < -0.39 is 0 Å². The van der Waals surface area contributed by atoms with Gasteiger partial charge in [0.05, 0.1) is 0 Å². The molecule has 4 nitrogen and oxygen atoms in total. The van der Waals surface area contributed by atoms with E-state index in [2.05, 4.69) is 15.0 Å². The molecule has 0 spiro atoms. The second-order valence-electron chi connectivity index (χ2n) is 5.42. The van der Waals surface area contributed by atoms with Crippen molar-refractivity contribution in [2.75, 3.05) is 4.90 Å². The first-order valence-corrected chi connectivity index (χ1v) is 7.21. The lowest BCUT2D eigenvalue weighted by atomic mass is 10.2. The molecule has 0 bridgehead atoms. The lowest BCUT2D eigenvalue weighted by Crippen LogP contribution is -2.14. The molecule has 4 heteroatoms. The van der Waals surface area contributed by atoms with E-state index in [1.54, 1.807) is 0 Å². The molecular weight excluding hydrogens is 272 g/mol. The van der Waals surface area contributed by atoms with Crippen LogP contribution in [0.3, 0.4) is 0 Å². The second kappa shape index (κ2) is 5.93. The van der Waals surface area contributed by atoms with Crippen LogP contribution in [0.2, 0.25) is 0 Å². The van der Waals surface area contributed by atoms with E-state index in [-0.39, 0.29) is 0 Å². The highest BCUT2D eigenvalue weighted by Crippen LogP contribution is 2.30. The fraction of sp³-hybridized carbons (Fsp3) is 0.167. The predicted molar refractivity (Wildman–Crippen MR) is 88.7 cm³/mol. The van der Waals surface area contributed by atoms with Crippen molar-refractivity contribution in [3.63, 3.8) is 0 Å². The minimum absolute atomic E-state index is 0.804. The molecule has 0 aromatic carbocycles. The van der Waals surface area contributed by atoms with Crippen molar-refractivity contribution < 1.29 is 0 Å². The number of aryl methyl sites for hydroxylation is 3. The summed E-state index contributed by atoms with van der Waals surface area (Å²) in [6.45, 7) is 6.07. The summed E-state index contributed by atoms with van der Waals surface area (Å²) in [6, 6.07) is 12.1. The molecule has 0 saturated heterocycles. The van der Waals surface area contributed by atoms with Gasteiger partial charge >= 0.3 is 0 Å². The van der Waals surface area contributed by atoms with Crippen LogP contribution in [0.4, 0.5) is 17.5 Å². The molecule has 0 aliphatic rings. The first-order chi connectivity index (χ1) is 10.6. The molecule has 0 amide bonds. The van der Waals surface area contributed by atoms with Crippen LogP contribution in [0.1, 0.15) is 16.7 Å². The number of hydrogen-bond acceptors (Lipinski definition) is 4. The van der Waals surface area contributed by atoms with Crippen molar-refractivity contribution in [1.82, 2.24) is 15.0 Å². The van der Waals surface area contributed by atoms with E-state index in [4.69, 9.17) is 0 Å². The van der Waals surface area contributed by atoms with Gasteiger partial charge in [0, 0.05) is 18.6 Å². The first-order valence-electron chi connectivity index (χ1n) is 7.21. The molecule has 0 aliphatic carbocycles. The number of aromatic nitrogens is 3. The van der Waals surface area contributed by atoms with Gasteiger partial charge in [0.1, 0.15) is 17.5 Å². The molecule has 3 heterocycles. The maximum atomic E-state index is 4.52. The molecule has 110 valence electrons. The lowest BCUT2D eigenvalue weighted by molar-refractivity contribution is 1.07. The van der Waals surface area contributed by atoms with E-state index in [0.717, 1.165) is 34.1 Å². The summed E-state index contributed by atoms with van der Waals surface area (Å²) < 4.78 is 0. The molecule has 0 N–H and O–H groups in total. The minimum atomic E-state index is 0.804. The number of anilines is 3. The third-order valence-corrected chi connectivity index (χ3v) is 3.37. The Morgan fingerprint density at radius 3 is 1.09 bits per heavy atom. The van der Waals surface area contributed by atoms with Gasteiger partial charge in [0.25, 0.3) is 0 Å². The SMILES string of the molecule is Cc1ccc(N(c2ccc(C)cn2)c2ccc(C)cn2)nc1. The molecule has 0 saturated carbocycles. The number of nitrogens with zero attached hydrogens (tertiary/aromatic N) is 4. The van der Waals surface area contributed by atoms with Gasteiger partial charge in [-0.25, -0.2) is 15.0 Å². The van der Waals surface area contributed by atoms with Gasteiger partial charge in [0.15, 0.2) is 0 Å². The van der Waals surface area contributed by atoms with Crippen LogP contribution in [0.5, 0.6) is 0 Å². The average Bonchev–Trinajstić information content (AvgIpc) is 2.53. The second-order valence-corrected chi connectivity index (χ2v) is 5.42. The topological polar surface area (TPSA) is 41.9 Å². The summed E-state index contributed by atoms with van der Waals surface area (Å²) in [5.74, 6) is 2.41. The summed E-state index contributed by atoms with van der Waals surface area (Å²) in [5, 5.41) is 0. The van der Waals surface area contributed by atoms with Gasteiger partial charge in [-0.1, -0.05) is 18.2 Å². The number of rotatable bonds is 3. The van der Waals surface area contributed by atoms with Crippen molar-refractivity contribution in [3.05, 3.63) is 71.7 Å². The highest BCUT2D eigenvalue weighted by molar-refractivity contribution is 5.69. The third kappa shape index (κ3) is 2.96. The zero-order chi connectivity index (χ0) is 15.5. The van der Waals surface area contributed by atoms with Crippen molar-refractivity contribution in [2.45, 2.75) is 20.8 Å². The molecular formula is C18H18N4. The summed E-state index contributed by atoms with van der Waals surface area (Å²) in [4.78, 5) is 15.5. The van der Waals surface area contributed by atoms with Gasteiger partial charge in [-0.2, -0.15) is 0 Å². The number of pyridine rings is 3. The van der Waals surface area contributed by atoms with Crippen LogP contribution in [-0.4, -0.2) is 15.0 Å². The molecule has 0 radical (unpaired) electrons. The molecule has 0 unspecified atom stereocenters. The Kier molecular flexibility index (Phi) is 3.83. The zero-order valence-electron chi connectivity index (χ0n) is 13.0. The van der Waals surface area contributed by atoms with Crippen molar-refractivity contribution in [1.29, 1.82) is 0 Å². The molecule has 3 aromatic rings. The quantitative estimate of drug-likeness (QED) is 0.722. The third-order valence-electron chi connectivity index (χ3n) is 3.37. The Bertz CT molecular complexity index is 638. The van der Waals surface area contributed by atoms with Gasteiger partial charge in [0.2, 0.25) is 0 Å². The Labute approximate surface area is 130 Å². The highest BCUT2D eigenvalue weighted by atomic mass is 15.3. The van der Waals surface area contributed by atoms with Crippen molar-refractivity contribution in [3.8, 4) is 0 Å². The van der Waals surface area contributed by atoms with Crippen LogP contribution >= 0.6 is 0 Å². The van der Waals surface area contributed by atoms with Crippen LogP contribution < -0.4 is 4.90 Å². The maximum Gasteiger partial charge on any atom is 0.139 e. The Hall–Kier alpha value is -2.75. The summed E-state index contributed by atoms with van der Waals surface area (Å²) in [5.41, 5.74) is 3.37. The summed E-state index contributed by atoms with van der Waals surface area (Å²) >= 11 is 0. The maximum absolute atomic E-state index is 4.52. The number of hydrogen-bond donors (Lipinski definition) is 0. The van der Waals surface area contributed by atoms with E-state index >= 15 is 0 Å². The highest BCUT2D eigenvalue weighted by Gasteiger charge is 2.15. The molecule has 3 aromatic heterocycles. The first kappa shape index (κ1) is 14.2. The predicted octanol–water partition coefficient (Wildman–Crippen LogP) is 4.27. The van der Waals surface area contributed by atoms with E-state index in [1.807, 2.05) is 80.7 Å². The van der Waals surface area contributed by atoms with Crippen LogP contribution in [0.15, 0.2) is 55.0 Å². The van der Waals surface area contributed by atoms with Gasteiger partial charge in [-0.3, -0.25) is 4.90 Å². The van der Waals surface area contributed by atoms with Crippen LogP contribution in [0, 0.1) is 20.8 Å². The van der Waals surface area contributed by atoms with E-state index in [9.17, 15) is 0 Å². The van der Waals surface area contributed by atoms with E-state index in [1.165, 1.54) is 0 Å². The van der Waals surface area contributed by atoms with E-state index in [0.29, 0.717) is 0 Å². The van der Waals surface area contributed by atoms with Crippen LogP contribution in [0.25, 0.3) is 0 Å². The minimum Gasteiger partial charge on any atom is -0.262 e. The van der Waals surface area contributed by atoms with Gasteiger partial charge in [-0.15, -0.1) is 0 Å². The fourth-order valence-corrected chi connectivity index (χ4v) is 2.13. The normalized spacial score (nSPS) is 10.5. The Morgan fingerprint density at radius 2 is 0.864 bits per heavy atom. The summed E-state index contributed by atoms with van der Waals surface area (Å²) in [6.07, 6.45) is 5.56. The fourth-order valence-electron chi connectivity index (χ4n) is 2.13. The smallest absolute Gasteiger partial charge is 0.139 e. The molecule has 3 rings (SSSR count). The van der Waals surface area contributed by atoms with Gasteiger partial charge in [-0.05, 0) is 55.7 Å². The molecule has 22 heavy (non-hydrogen) atoms. The Balaban J connectivity index is 2.10. The largest absolute Gasteiger partial charge is 0.262 e. The molecule has 0 aliphatic heterocycles. The van der Waals surface area contributed by atoms with Crippen LogP contribution in [-0.2, 0) is 0 Å². The van der Waals surface area contributed by atoms with Crippen molar-refractivity contribution in [2.24, 2.45) is 0 Å². The monoisotopic (exact) mass is 290 g/mol. The Morgan fingerprint density at radius 1 is 0.545 bits per heavy atom. The lowest BCUT2D eigenvalue weighted by Gasteiger charge is -2.22. The molecule has 0 atom stereocenters. The zero-order valence-corrected chi connectivity index (χ0v) is 13.0. The van der Waals surface area contributed by atoms with Gasteiger partial charge < -0.3 is 0 Å². The average molecular weight is 290 g/mol. The summed E-state index contributed by atoms with van der Waals surface area (Å²) in [7, 11) is 0. The standard InChI is InChI=1S/C18H18N4/c1-13-4-7-16(19-10-13)22(17-8-5-14(2)11-20-17)18-9-6-15(3)12-21-18/h4-12H,1-3H3. The van der Waals surface area contributed by atoms with Crippen molar-refractivity contribution >= 4 is 17.5 Å².